The van der Waals surface area contributed by atoms with Crippen molar-refractivity contribution in [3.63, 3.8) is 0 Å². The molecule has 0 aromatic heterocycles. The topological polar surface area (TPSA) is 212 Å². The maximum absolute atomic E-state index is 12.2. The lowest BCUT2D eigenvalue weighted by Crippen LogP contribution is -2.67. The molecule has 44 heavy (non-hydrogen) atoms. The molecule has 248 valence electrons. The summed E-state index contributed by atoms with van der Waals surface area (Å²) in [6.07, 6.45) is -14.9. The Hall–Kier alpha value is -3.35. The predicted octanol–water partition coefficient (Wildman–Crippen LogP) is 0.00100. The largest absolute Gasteiger partial charge is 0.463 e. The molecule has 10 atom stereocenters. The fraction of sp³-hybridized carbons (Fsp3) is 0.731. The van der Waals surface area contributed by atoms with Gasteiger partial charge in [-0.2, -0.15) is 0 Å². The zero-order valence-electron chi connectivity index (χ0n) is 25.0. The SMILES string of the molecule is CC(=O)OC[C@H]1O[C@@H](OC(C)=O)[C@H](OC(C)=O)[C@@H](OC(C)=O)[C@@H]1O[C@@H]1O[C@H](CBr)[C@@H](OC(C)=O)[C@H](OC(C)=O)[C@H]1OC(C)=O. The van der Waals surface area contributed by atoms with E-state index in [0.717, 1.165) is 48.5 Å². The Kier molecular flexibility index (Phi) is 13.9. The van der Waals surface area contributed by atoms with Gasteiger partial charge in [-0.25, -0.2) is 0 Å². The van der Waals surface area contributed by atoms with Gasteiger partial charge in [0, 0.05) is 53.8 Å². The average Bonchev–Trinajstić information content (AvgIpc) is 2.87. The minimum Gasteiger partial charge on any atom is -0.463 e. The third kappa shape index (κ3) is 10.7. The van der Waals surface area contributed by atoms with Crippen molar-refractivity contribution < 1.29 is 80.9 Å². The van der Waals surface area contributed by atoms with E-state index in [9.17, 15) is 33.6 Å². The van der Waals surface area contributed by atoms with Gasteiger partial charge in [0.15, 0.2) is 30.7 Å². The van der Waals surface area contributed by atoms with E-state index in [1.807, 2.05) is 0 Å². The van der Waals surface area contributed by atoms with Crippen molar-refractivity contribution >= 4 is 57.7 Å². The number of ether oxygens (including phenoxy) is 10. The first-order valence-electron chi connectivity index (χ1n) is 13.2. The summed E-state index contributed by atoms with van der Waals surface area (Å²) >= 11 is 3.25. The molecule has 2 fully saturated rings. The fourth-order valence-corrected chi connectivity index (χ4v) is 5.04. The van der Waals surface area contributed by atoms with Gasteiger partial charge < -0.3 is 47.4 Å². The molecule has 0 saturated carbocycles. The Morgan fingerprint density at radius 3 is 1.30 bits per heavy atom. The van der Waals surface area contributed by atoms with Crippen molar-refractivity contribution in [2.75, 3.05) is 11.9 Å². The third-order valence-corrected chi connectivity index (χ3v) is 6.51. The van der Waals surface area contributed by atoms with E-state index in [-0.39, 0.29) is 5.33 Å². The summed E-state index contributed by atoms with van der Waals surface area (Å²) in [5.41, 5.74) is 0. The van der Waals surface area contributed by atoms with Crippen LogP contribution in [0.2, 0.25) is 0 Å². The molecule has 0 unspecified atom stereocenters. The Morgan fingerprint density at radius 2 is 0.864 bits per heavy atom. The second-order valence-electron chi connectivity index (χ2n) is 9.62. The molecular weight excluding hydrogens is 664 g/mol. The minimum absolute atomic E-state index is 0.00855. The molecule has 2 aliphatic heterocycles. The highest BCUT2D eigenvalue weighted by Crippen LogP contribution is 2.35. The molecule has 0 aliphatic carbocycles. The highest BCUT2D eigenvalue weighted by atomic mass is 79.9. The molecule has 2 aliphatic rings. The van der Waals surface area contributed by atoms with Crippen molar-refractivity contribution in [3.8, 4) is 0 Å². The average molecular weight is 699 g/mol. The monoisotopic (exact) mass is 698 g/mol. The first kappa shape index (κ1) is 36.8. The van der Waals surface area contributed by atoms with Gasteiger partial charge in [0.2, 0.25) is 12.4 Å². The number of alkyl halides is 1. The van der Waals surface area contributed by atoms with Gasteiger partial charge in [-0.1, -0.05) is 15.9 Å². The molecular formula is C26H35BrO17. The highest BCUT2D eigenvalue weighted by molar-refractivity contribution is 9.09. The fourth-order valence-electron chi connectivity index (χ4n) is 4.52. The van der Waals surface area contributed by atoms with Crippen molar-refractivity contribution in [2.45, 2.75) is 110 Å². The smallest absolute Gasteiger partial charge is 0.305 e. The summed E-state index contributed by atoms with van der Waals surface area (Å²) < 4.78 is 55.2. The van der Waals surface area contributed by atoms with Crippen molar-refractivity contribution in [3.05, 3.63) is 0 Å². The lowest BCUT2D eigenvalue weighted by molar-refractivity contribution is -0.354. The number of esters is 7. The molecule has 18 heteroatoms. The van der Waals surface area contributed by atoms with E-state index in [2.05, 4.69) is 15.9 Å². The number of hydrogen-bond donors (Lipinski definition) is 0. The predicted molar refractivity (Wildman–Crippen MR) is 142 cm³/mol. The van der Waals surface area contributed by atoms with Gasteiger partial charge >= 0.3 is 41.8 Å². The van der Waals surface area contributed by atoms with Crippen molar-refractivity contribution in [1.82, 2.24) is 0 Å². The Balaban J connectivity index is 2.67. The van der Waals surface area contributed by atoms with Crippen LogP contribution in [0.1, 0.15) is 48.5 Å². The van der Waals surface area contributed by atoms with E-state index >= 15 is 0 Å². The van der Waals surface area contributed by atoms with Crippen LogP contribution in [-0.2, 0) is 80.9 Å². The summed E-state index contributed by atoms with van der Waals surface area (Å²) in [5, 5.41) is -0.00855. The van der Waals surface area contributed by atoms with Gasteiger partial charge in [0.25, 0.3) is 0 Å². The quantitative estimate of drug-likeness (QED) is 0.158. The van der Waals surface area contributed by atoms with Crippen LogP contribution in [0, 0.1) is 0 Å². The molecule has 0 bridgehead atoms. The number of hydrogen-bond acceptors (Lipinski definition) is 17. The first-order chi connectivity index (χ1) is 20.5. The summed E-state index contributed by atoms with van der Waals surface area (Å²) in [6, 6.07) is 0. The number of halogens is 1. The normalized spacial score (nSPS) is 31.5. The first-order valence-corrected chi connectivity index (χ1v) is 14.3. The van der Waals surface area contributed by atoms with Crippen LogP contribution in [0.3, 0.4) is 0 Å². The highest BCUT2D eigenvalue weighted by Gasteiger charge is 2.57. The molecule has 0 N–H and O–H groups in total. The van der Waals surface area contributed by atoms with Crippen LogP contribution < -0.4 is 0 Å². The molecule has 0 spiro atoms. The third-order valence-electron chi connectivity index (χ3n) is 5.87. The summed E-state index contributed by atoms with van der Waals surface area (Å²) in [5.74, 6) is -5.83. The molecule has 2 rings (SSSR count). The Bertz CT molecular complexity index is 1090. The van der Waals surface area contributed by atoms with Gasteiger partial charge in [-0.15, -0.1) is 0 Å². The maximum atomic E-state index is 12.2. The van der Waals surface area contributed by atoms with Crippen LogP contribution in [0.15, 0.2) is 0 Å². The molecule has 0 aromatic rings. The maximum Gasteiger partial charge on any atom is 0.305 e. The number of rotatable bonds is 11. The molecule has 0 amide bonds. The second-order valence-corrected chi connectivity index (χ2v) is 10.3. The second kappa shape index (κ2) is 16.6. The van der Waals surface area contributed by atoms with E-state index in [1.165, 1.54) is 0 Å². The molecule has 0 radical (unpaired) electrons. The van der Waals surface area contributed by atoms with Gasteiger partial charge in [0.1, 0.15) is 24.9 Å². The Labute approximate surface area is 260 Å². The molecule has 2 saturated heterocycles. The van der Waals surface area contributed by atoms with E-state index in [4.69, 9.17) is 47.4 Å². The van der Waals surface area contributed by atoms with E-state index in [1.54, 1.807) is 0 Å². The molecule has 2 heterocycles. The zero-order chi connectivity index (χ0) is 33.3. The van der Waals surface area contributed by atoms with E-state index < -0.39 is 110 Å². The summed E-state index contributed by atoms with van der Waals surface area (Å²) in [6.45, 7) is 6.91. The summed E-state index contributed by atoms with van der Waals surface area (Å²) in [7, 11) is 0. The van der Waals surface area contributed by atoms with Crippen LogP contribution in [0.25, 0.3) is 0 Å². The zero-order valence-corrected chi connectivity index (χ0v) is 26.6. The van der Waals surface area contributed by atoms with E-state index in [0.29, 0.717) is 0 Å². The lowest BCUT2D eigenvalue weighted by Gasteiger charge is -2.48. The Morgan fingerprint density at radius 1 is 0.477 bits per heavy atom. The lowest BCUT2D eigenvalue weighted by atomic mass is 9.96. The van der Waals surface area contributed by atoms with Crippen LogP contribution in [0.5, 0.6) is 0 Å². The van der Waals surface area contributed by atoms with Crippen LogP contribution >= 0.6 is 15.9 Å². The molecule has 17 nitrogen and oxygen atoms in total. The van der Waals surface area contributed by atoms with Gasteiger partial charge in [-0.3, -0.25) is 33.6 Å². The minimum atomic E-state index is -1.66. The van der Waals surface area contributed by atoms with Crippen molar-refractivity contribution in [1.29, 1.82) is 0 Å². The van der Waals surface area contributed by atoms with Crippen LogP contribution in [0.4, 0.5) is 0 Å². The number of carbonyl (C=O) groups excluding carboxylic acids is 7. The molecule has 0 aromatic carbocycles. The van der Waals surface area contributed by atoms with Gasteiger partial charge in [-0.05, 0) is 0 Å². The standard InChI is InChI=1S/C26H35BrO17/c1-10(28)35-9-18-20(22(38-13(4)31)23(39-14(5)32)25(43-18)41-16(7)34)44-26-24(40-15(6)33)21(37-12(3)30)19(36-11(2)29)17(8-27)42-26/h17-26H,8-9H2,1-7H3/t17-,18-,19-,20-,21+,22+,23-,24-,25-,26+/m1/s1. The van der Waals surface area contributed by atoms with Crippen LogP contribution in [-0.4, -0.2) is 115 Å². The number of carbonyl (C=O) groups is 7. The summed E-state index contributed by atoms with van der Waals surface area (Å²) in [4.78, 5) is 84.1. The van der Waals surface area contributed by atoms with Crippen molar-refractivity contribution in [2.24, 2.45) is 0 Å². The van der Waals surface area contributed by atoms with Gasteiger partial charge in [0.05, 0.1) is 0 Å².